The monoisotopic (exact) mass is 532 g/mol. The molecule has 11 nitrogen and oxygen atoms in total. The average molecular weight is 533 g/mol. The Kier molecular flexibility index (Phi) is 7.16. The van der Waals surface area contributed by atoms with E-state index in [4.69, 9.17) is 18.9 Å². The number of nitrogens with one attached hydrogen (secondary N) is 1. The highest BCUT2D eigenvalue weighted by molar-refractivity contribution is 5.80. The van der Waals surface area contributed by atoms with Gasteiger partial charge in [-0.05, 0) is 71.7 Å². The van der Waals surface area contributed by atoms with Gasteiger partial charge < -0.3 is 23.9 Å². The maximum atomic E-state index is 13.2. The lowest BCUT2D eigenvalue weighted by atomic mass is 10.1. The maximum Gasteiger partial charge on any atom is 0.252 e. The van der Waals surface area contributed by atoms with Crippen LogP contribution in [-0.2, 0) is 24.4 Å². The van der Waals surface area contributed by atoms with Crippen LogP contribution in [0.3, 0.4) is 0 Å². The summed E-state index contributed by atoms with van der Waals surface area (Å²) in [5, 5.41) is 13.7. The first kappa shape index (κ1) is 25.3. The van der Waals surface area contributed by atoms with E-state index in [1.165, 1.54) is 0 Å². The number of aromatic nitrogens is 5. The Morgan fingerprint density at radius 2 is 2.05 bits per heavy atom. The molecule has 2 aliphatic heterocycles. The Labute approximate surface area is 225 Å². The minimum Gasteiger partial charge on any atom is -0.497 e. The van der Waals surface area contributed by atoms with Crippen LogP contribution in [0.2, 0.25) is 0 Å². The van der Waals surface area contributed by atoms with Gasteiger partial charge in [-0.2, -0.15) is 0 Å². The third-order valence-corrected chi connectivity index (χ3v) is 7.41. The molecular formula is C28H32N6O5. The average Bonchev–Trinajstić information content (AvgIpc) is 3.72. The van der Waals surface area contributed by atoms with Gasteiger partial charge in [0, 0.05) is 36.2 Å². The summed E-state index contributed by atoms with van der Waals surface area (Å²) in [6.45, 7) is 4.64. The highest BCUT2D eigenvalue weighted by Gasteiger charge is 2.28. The summed E-state index contributed by atoms with van der Waals surface area (Å²) in [7, 11) is 1.63. The Hall–Kier alpha value is -3.96. The number of ether oxygens (including phenoxy) is 4. The number of pyridine rings is 1. The third kappa shape index (κ3) is 5.32. The van der Waals surface area contributed by atoms with Gasteiger partial charge in [0.15, 0.2) is 17.3 Å². The number of hydrogen-bond donors (Lipinski definition) is 1. The first-order valence-electron chi connectivity index (χ1n) is 13.3. The molecule has 0 aliphatic carbocycles. The summed E-state index contributed by atoms with van der Waals surface area (Å²) in [6.07, 6.45) is 2.89. The third-order valence-electron chi connectivity index (χ3n) is 7.41. The number of aromatic amines is 1. The molecule has 4 heterocycles. The van der Waals surface area contributed by atoms with Gasteiger partial charge in [-0.1, -0.05) is 13.0 Å². The zero-order valence-electron chi connectivity index (χ0n) is 22.1. The molecule has 2 atom stereocenters. The SMILES string of the molecule is CC[C@H](c1nnnn1C[C@@H]1CCCO1)N(Cc1ccc2c(c1)OCO2)Cc1cc2cc(OC)ccc2[nH]c1=O. The van der Waals surface area contributed by atoms with Crippen LogP contribution in [0.25, 0.3) is 10.9 Å². The van der Waals surface area contributed by atoms with Crippen LogP contribution in [0.5, 0.6) is 17.2 Å². The normalized spacial score (nSPS) is 17.3. The van der Waals surface area contributed by atoms with Crippen LogP contribution in [-0.4, -0.2) is 56.7 Å². The number of H-pyrrole nitrogens is 1. The molecular weight excluding hydrogens is 500 g/mol. The summed E-state index contributed by atoms with van der Waals surface area (Å²) < 4.78 is 24.2. The Balaban J connectivity index is 1.36. The molecule has 39 heavy (non-hydrogen) atoms. The minimum atomic E-state index is -0.146. The van der Waals surface area contributed by atoms with Gasteiger partial charge in [-0.25, -0.2) is 4.68 Å². The first-order chi connectivity index (χ1) is 19.1. The second-order valence-electron chi connectivity index (χ2n) is 9.95. The summed E-state index contributed by atoms with van der Waals surface area (Å²) in [5.41, 5.74) is 2.32. The van der Waals surface area contributed by atoms with Crippen molar-refractivity contribution in [2.45, 2.75) is 58.0 Å². The lowest BCUT2D eigenvalue weighted by molar-refractivity contribution is 0.0888. The number of fused-ring (bicyclic) bond motifs is 2. The molecule has 11 heteroatoms. The highest BCUT2D eigenvalue weighted by atomic mass is 16.7. The van der Waals surface area contributed by atoms with Crippen LogP contribution in [0.4, 0.5) is 0 Å². The fourth-order valence-corrected chi connectivity index (χ4v) is 5.41. The van der Waals surface area contributed by atoms with Crippen molar-refractivity contribution < 1.29 is 18.9 Å². The fourth-order valence-electron chi connectivity index (χ4n) is 5.41. The molecule has 1 saturated heterocycles. The molecule has 0 amide bonds. The molecule has 1 N–H and O–H groups in total. The van der Waals surface area contributed by atoms with Crippen LogP contribution in [0.1, 0.15) is 49.2 Å². The topological polar surface area (TPSA) is 117 Å². The number of benzene rings is 2. The predicted molar refractivity (Wildman–Crippen MR) is 143 cm³/mol. The van der Waals surface area contributed by atoms with E-state index in [0.29, 0.717) is 25.2 Å². The van der Waals surface area contributed by atoms with Crippen molar-refractivity contribution >= 4 is 10.9 Å². The molecule has 0 unspecified atom stereocenters. The summed E-state index contributed by atoms with van der Waals surface area (Å²) in [5.74, 6) is 2.95. The Morgan fingerprint density at radius 3 is 2.87 bits per heavy atom. The standard InChI is InChI=1S/C28H32N6O5/c1-3-24(27-30-31-32-34(27)16-22-5-4-10-37-22)33(14-18-6-9-25-26(11-18)39-17-38-25)15-20-12-19-13-21(36-2)7-8-23(19)29-28(20)35/h6-9,11-13,22,24H,3-5,10,14-17H2,1-2H3,(H,29,35)/t22-,24+/m0/s1. The van der Waals surface area contributed by atoms with Gasteiger partial charge in [0.05, 0.1) is 25.8 Å². The molecule has 2 aliphatic rings. The largest absolute Gasteiger partial charge is 0.497 e. The van der Waals surface area contributed by atoms with Gasteiger partial charge in [0.1, 0.15) is 5.75 Å². The summed E-state index contributed by atoms with van der Waals surface area (Å²) in [6, 6.07) is 13.4. The highest BCUT2D eigenvalue weighted by Crippen LogP contribution is 2.34. The van der Waals surface area contributed by atoms with Gasteiger partial charge in [-0.15, -0.1) is 5.10 Å². The van der Waals surface area contributed by atoms with Crippen LogP contribution < -0.4 is 19.8 Å². The lowest BCUT2D eigenvalue weighted by Gasteiger charge is -2.30. The van der Waals surface area contributed by atoms with Crippen molar-refractivity contribution in [3.63, 3.8) is 0 Å². The molecule has 0 spiro atoms. The van der Waals surface area contributed by atoms with Crippen LogP contribution in [0.15, 0.2) is 47.3 Å². The van der Waals surface area contributed by atoms with Crippen LogP contribution >= 0.6 is 0 Å². The predicted octanol–water partition coefficient (Wildman–Crippen LogP) is 3.58. The summed E-state index contributed by atoms with van der Waals surface area (Å²) >= 11 is 0. The van der Waals surface area contributed by atoms with Gasteiger partial charge in [0.25, 0.3) is 5.56 Å². The maximum absolute atomic E-state index is 13.2. The van der Waals surface area contributed by atoms with Crippen molar-refractivity contribution in [1.82, 2.24) is 30.1 Å². The number of tetrazole rings is 1. The smallest absolute Gasteiger partial charge is 0.252 e. The first-order valence-corrected chi connectivity index (χ1v) is 13.3. The molecule has 0 bridgehead atoms. The van der Waals surface area contributed by atoms with E-state index in [-0.39, 0.29) is 24.5 Å². The second kappa shape index (κ2) is 11.0. The number of hydrogen-bond acceptors (Lipinski definition) is 9. The van der Waals surface area contributed by atoms with E-state index >= 15 is 0 Å². The molecule has 4 aromatic rings. The number of methoxy groups -OCH3 is 1. The lowest BCUT2D eigenvalue weighted by Crippen LogP contribution is -2.33. The van der Waals surface area contributed by atoms with Crippen molar-refractivity contribution in [3.8, 4) is 17.2 Å². The molecule has 1 fully saturated rings. The van der Waals surface area contributed by atoms with E-state index in [0.717, 1.165) is 65.4 Å². The molecule has 6 rings (SSSR count). The molecule has 0 saturated carbocycles. The minimum absolute atomic E-state index is 0.102. The molecule has 2 aromatic heterocycles. The molecule has 0 radical (unpaired) electrons. The van der Waals surface area contributed by atoms with Crippen molar-refractivity contribution in [2.75, 3.05) is 20.5 Å². The zero-order valence-corrected chi connectivity index (χ0v) is 22.1. The van der Waals surface area contributed by atoms with Gasteiger partial charge >= 0.3 is 0 Å². The van der Waals surface area contributed by atoms with Crippen LogP contribution in [0, 0.1) is 0 Å². The molecule has 204 valence electrons. The molecule has 2 aromatic carbocycles. The Morgan fingerprint density at radius 1 is 1.15 bits per heavy atom. The number of rotatable bonds is 10. The van der Waals surface area contributed by atoms with Crippen molar-refractivity contribution in [2.24, 2.45) is 0 Å². The second-order valence-corrected chi connectivity index (χ2v) is 9.95. The number of nitrogens with zero attached hydrogens (tertiary/aromatic N) is 5. The quantitative estimate of drug-likeness (QED) is 0.327. The Bertz CT molecular complexity index is 1510. The fraction of sp³-hybridized carbons (Fsp3) is 0.429. The summed E-state index contributed by atoms with van der Waals surface area (Å²) in [4.78, 5) is 18.5. The van der Waals surface area contributed by atoms with E-state index in [2.05, 4.69) is 32.3 Å². The van der Waals surface area contributed by atoms with Crippen molar-refractivity contribution in [3.05, 3.63) is 69.8 Å². The van der Waals surface area contributed by atoms with Gasteiger partial charge in [-0.3, -0.25) is 9.69 Å². The van der Waals surface area contributed by atoms with Gasteiger partial charge in [0.2, 0.25) is 6.79 Å². The van der Waals surface area contributed by atoms with E-state index in [1.54, 1.807) is 7.11 Å². The van der Waals surface area contributed by atoms with Crippen molar-refractivity contribution in [1.29, 1.82) is 0 Å². The van der Waals surface area contributed by atoms with E-state index < -0.39 is 0 Å². The van der Waals surface area contributed by atoms with E-state index in [1.807, 2.05) is 47.1 Å². The zero-order chi connectivity index (χ0) is 26.8. The van der Waals surface area contributed by atoms with E-state index in [9.17, 15) is 4.79 Å².